The first-order valence-corrected chi connectivity index (χ1v) is 7.96. The van der Waals surface area contributed by atoms with Crippen molar-refractivity contribution in [2.45, 2.75) is 38.7 Å². The van der Waals surface area contributed by atoms with Gasteiger partial charge in [0.1, 0.15) is 0 Å². The molecule has 0 bridgehead atoms. The Morgan fingerprint density at radius 1 is 1.25 bits per heavy atom. The summed E-state index contributed by atoms with van der Waals surface area (Å²) in [6, 6.07) is 0. The van der Waals surface area contributed by atoms with Gasteiger partial charge in [-0.25, -0.2) is 0 Å². The maximum atomic E-state index is 12.1. The molecule has 0 radical (unpaired) electrons. The van der Waals surface area contributed by atoms with Crippen LogP contribution in [-0.4, -0.2) is 72.9 Å². The van der Waals surface area contributed by atoms with Gasteiger partial charge in [0.05, 0.1) is 19.3 Å². The van der Waals surface area contributed by atoms with Crippen molar-refractivity contribution in [3.05, 3.63) is 0 Å². The molecule has 5 heteroatoms. The topological polar surface area (TPSA) is 53.0 Å². The molecule has 2 atom stereocenters. The fourth-order valence-electron chi connectivity index (χ4n) is 3.05. The lowest BCUT2D eigenvalue weighted by Gasteiger charge is -2.26. The van der Waals surface area contributed by atoms with E-state index in [9.17, 15) is 9.90 Å². The highest BCUT2D eigenvalue weighted by Gasteiger charge is 2.32. The van der Waals surface area contributed by atoms with Crippen molar-refractivity contribution in [1.29, 1.82) is 0 Å². The van der Waals surface area contributed by atoms with E-state index in [2.05, 4.69) is 11.8 Å². The molecule has 2 heterocycles. The number of rotatable bonds is 6. The van der Waals surface area contributed by atoms with Gasteiger partial charge in [-0.05, 0) is 25.8 Å². The van der Waals surface area contributed by atoms with Crippen molar-refractivity contribution in [3.63, 3.8) is 0 Å². The van der Waals surface area contributed by atoms with E-state index in [1.807, 2.05) is 4.90 Å². The predicted octanol–water partition coefficient (Wildman–Crippen LogP) is 0.718. The van der Waals surface area contributed by atoms with Crippen LogP contribution < -0.4 is 0 Å². The van der Waals surface area contributed by atoms with Gasteiger partial charge >= 0.3 is 0 Å². The second kappa shape index (κ2) is 7.96. The van der Waals surface area contributed by atoms with Crippen molar-refractivity contribution in [3.8, 4) is 0 Å². The monoisotopic (exact) mass is 284 g/mol. The van der Waals surface area contributed by atoms with Gasteiger partial charge in [-0.2, -0.15) is 0 Å². The van der Waals surface area contributed by atoms with Crippen LogP contribution in [0.2, 0.25) is 0 Å². The molecule has 0 saturated carbocycles. The number of carbonyl (C=O) groups is 1. The third-order valence-electron chi connectivity index (χ3n) is 4.50. The van der Waals surface area contributed by atoms with Crippen LogP contribution in [0.15, 0.2) is 0 Å². The second-order valence-corrected chi connectivity index (χ2v) is 5.95. The molecule has 2 rings (SSSR count). The lowest BCUT2D eigenvalue weighted by atomic mass is 10.0. The highest BCUT2D eigenvalue weighted by molar-refractivity contribution is 5.76. The van der Waals surface area contributed by atoms with Crippen LogP contribution in [0.5, 0.6) is 0 Å². The molecular formula is C15H28N2O3. The summed E-state index contributed by atoms with van der Waals surface area (Å²) >= 11 is 0. The number of amides is 1. The van der Waals surface area contributed by atoms with Gasteiger partial charge < -0.3 is 14.7 Å². The standard InChI is InChI=1S/C15H28N2O3/c1-2-13-11-17(12-14(13)18)15(19)5-3-4-6-16-7-9-20-10-8-16/h13-14,18H,2-12H2,1H3. The van der Waals surface area contributed by atoms with Crippen molar-refractivity contribution < 1.29 is 14.6 Å². The first-order chi connectivity index (χ1) is 9.70. The van der Waals surface area contributed by atoms with Crippen molar-refractivity contribution in [2.24, 2.45) is 5.92 Å². The van der Waals surface area contributed by atoms with Crippen LogP contribution in [0.4, 0.5) is 0 Å². The zero-order valence-electron chi connectivity index (χ0n) is 12.6. The molecule has 2 unspecified atom stereocenters. The number of hydrogen-bond acceptors (Lipinski definition) is 4. The highest BCUT2D eigenvalue weighted by atomic mass is 16.5. The highest BCUT2D eigenvalue weighted by Crippen LogP contribution is 2.21. The Balaban J connectivity index is 1.58. The molecule has 1 amide bonds. The van der Waals surface area contributed by atoms with Crippen molar-refractivity contribution >= 4 is 5.91 Å². The first-order valence-electron chi connectivity index (χ1n) is 7.96. The zero-order chi connectivity index (χ0) is 14.4. The lowest BCUT2D eigenvalue weighted by Crippen LogP contribution is -2.37. The molecule has 0 aromatic heterocycles. The third kappa shape index (κ3) is 4.43. The predicted molar refractivity (Wildman–Crippen MR) is 77.5 cm³/mol. The van der Waals surface area contributed by atoms with E-state index in [0.29, 0.717) is 13.0 Å². The van der Waals surface area contributed by atoms with E-state index in [1.54, 1.807) is 0 Å². The molecule has 0 aromatic carbocycles. The number of nitrogens with zero attached hydrogens (tertiary/aromatic N) is 2. The minimum absolute atomic E-state index is 0.210. The number of carbonyl (C=O) groups excluding carboxylic acids is 1. The molecule has 116 valence electrons. The van der Waals surface area contributed by atoms with E-state index >= 15 is 0 Å². The van der Waals surface area contributed by atoms with Gasteiger partial charge in [0, 0.05) is 38.5 Å². The SMILES string of the molecule is CCC1CN(C(=O)CCCCN2CCOCC2)CC1O. The van der Waals surface area contributed by atoms with Gasteiger partial charge in [0.15, 0.2) is 0 Å². The van der Waals surface area contributed by atoms with Crippen LogP contribution in [0.1, 0.15) is 32.6 Å². The zero-order valence-corrected chi connectivity index (χ0v) is 12.6. The fourth-order valence-corrected chi connectivity index (χ4v) is 3.05. The van der Waals surface area contributed by atoms with Crippen LogP contribution in [-0.2, 0) is 9.53 Å². The number of ether oxygens (including phenoxy) is 1. The largest absolute Gasteiger partial charge is 0.391 e. The summed E-state index contributed by atoms with van der Waals surface area (Å²) in [6.45, 7) is 8.11. The summed E-state index contributed by atoms with van der Waals surface area (Å²) in [5.41, 5.74) is 0. The molecule has 0 spiro atoms. The summed E-state index contributed by atoms with van der Waals surface area (Å²) < 4.78 is 5.32. The van der Waals surface area contributed by atoms with Crippen molar-refractivity contribution in [1.82, 2.24) is 9.80 Å². The molecule has 0 aromatic rings. The van der Waals surface area contributed by atoms with Gasteiger partial charge in [-0.1, -0.05) is 6.92 Å². The molecule has 20 heavy (non-hydrogen) atoms. The Hall–Kier alpha value is -0.650. The molecule has 1 N–H and O–H groups in total. The number of β-amino-alcohol motifs (C(OH)–C–C–N with tert-alkyl or cyclic N) is 1. The molecule has 0 aliphatic carbocycles. The number of aliphatic hydroxyl groups is 1. The second-order valence-electron chi connectivity index (χ2n) is 5.95. The first kappa shape index (κ1) is 15.7. The summed E-state index contributed by atoms with van der Waals surface area (Å²) in [7, 11) is 0. The minimum atomic E-state index is -0.322. The number of morpholine rings is 1. The number of likely N-dealkylation sites (tertiary alicyclic amines) is 1. The molecular weight excluding hydrogens is 256 g/mol. The van der Waals surface area contributed by atoms with Gasteiger partial charge in [-0.3, -0.25) is 9.69 Å². The normalized spacial score (nSPS) is 28.0. The Morgan fingerprint density at radius 2 is 2.00 bits per heavy atom. The number of unbranched alkanes of at least 4 members (excludes halogenated alkanes) is 1. The van der Waals surface area contributed by atoms with E-state index in [0.717, 1.165) is 58.7 Å². The Labute approximate surface area is 121 Å². The molecule has 2 saturated heterocycles. The Kier molecular flexibility index (Phi) is 6.26. The van der Waals surface area contributed by atoms with E-state index in [-0.39, 0.29) is 17.9 Å². The van der Waals surface area contributed by atoms with Crippen LogP contribution in [0.25, 0.3) is 0 Å². The van der Waals surface area contributed by atoms with Crippen molar-refractivity contribution in [2.75, 3.05) is 45.9 Å². The van der Waals surface area contributed by atoms with Gasteiger partial charge in [0.2, 0.25) is 5.91 Å². The lowest BCUT2D eigenvalue weighted by molar-refractivity contribution is -0.130. The average molecular weight is 284 g/mol. The van der Waals surface area contributed by atoms with Crippen LogP contribution >= 0.6 is 0 Å². The van der Waals surface area contributed by atoms with E-state index in [4.69, 9.17) is 4.74 Å². The average Bonchev–Trinajstić information content (AvgIpc) is 2.86. The maximum Gasteiger partial charge on any atom is 0.222 e. The molecule has 2 aliphatic rings. The summed E-state index contributed by atoms with van der Waals surface area (Å²) in [5, 5.41) is 9.84. The Morgan fingerprint density at radius 3 is 2.65 bits per heavy atom. The van der Waals surface area contributed by atoms with Crippen LogP contribution in [0.3, 0.4) is 0 Å². The third-order valence-corrected chi connectivity index (χ3v) is 4.50. The molecule has 5 nitrogen and oxygen atoms in total. The van der Waals surface area contributed by atoms with Gasteiger partial charge in [0.25, 0.3) is 0 Å². The molecule has 2 fully saturated rings. The fraction of sp³-hybridized carbons (Fsp3) is 0.933. The number of aliphatic hydroxyl groups excluding tert-OH is 1. The Bertz CT molecular complexity index is 305. The van der Waals surface area contributed by atoms with Crippen LogP contribution in [0, 0.1) is 5.92 Å². The van der Waals surface area contributed by atoms with E-state index in [1.165, 1.54) is 0 Å². The molecule has 2 aliphatic heterocycles. The maximum absolute atomic E-state index is 12.1. The summed E-state index contributed by atoms with van der Waals surface area (Å²) in [4.78, 5) is 16.3. The summed E-state index contributed by atoms with van der Waals surface area (Å²) in [5.74, 6) is 0.481. The quantitative estimate of drug-likeness (QED) is 0.730. The minimum Gasteiger partial charge on any atom is -0.391 e. The summed E-state index contributed by atoms with van der Waals surface area (Å²) in [6.07, 6.45) is 3.26. The smallest absolute Gasteiger partial charge is 0.222 e. The number of hydrogen-bond donors (Lipinski definition) is 1. The van der Waals surface area contributed by atoms with E-state index < -0.39 is 0 Å². The van der Waals surface area contributed by atoms with Gasteiger partial charge in [-0.15, -0.1) is 0 Å².